The van der Waals surface area contributed by atoms with Crippen molar-refractivity contribution in [1.29, 1.82) is 0 Å². The molecule has 1 aliphatic rings. The zero-order valence-corrected chi connectivity index (χ0v) is 17.3. The van der Waals surface area contributed by atoms with Gasteiger partial charge in [-0.15, -0.1) is 0 Å². The number of rotatable bonds is 9. The van der Waals surface area contributed by atoms with Gasteiger partial charge in [-0.25, -0.2) is 0 Å². The Morgan fingerprint density at radius 1 is 1.28 bits per heavy atom. The Morgan fingerprint density at radius 2 is 2.00 bits per heavy atom. The van der Waals surface area contributed by atoms with E-state index in [0.717, 1.165) is 37.6 Å². The molecule has 1 unspecified atom stereocenters. The quantitative estimate of drug-likeness (QED) is 0.699. The zero-order chi connectivity index (χ0) is 20.8. The maximum Gasteiger partial charge on any atom is 0.229 e. The van der Waals surface area contributed by atoms with Crippen molar-refractivity contribution >= 4 is 23.2 Å². The van der Waals surface area contributed by atoms with E-state index >= 15 is 0 Å². The van der Waals surface area contributed by atoms with E-state index in [0.29, 0.717) is 12.2 Å². The molecule has 29 heavy (non-hydrogen) atoms. The number of methoxy groups -OCH3 is 1. The van der Waals surface area contributed by atoms with Crippen LogP contribution in [0.3, 0.4) is 0 Å². The molecule has 1 saturated heterocycles. The highest BCUT2D eigenvalue weighted by Gasteiger charge is 2.35. The number of ether oxygens (including phenoxy) is 1. The first kappa shape index (κ1) is 20.9. The second-order valence-corrected chi connectivity index (χ2v) is 7.11. The normalized spacial score (nSPS) is 16.5. The number of nitrogens with one attached hydrogen (secondary N) is 1. The maximum atomic E-state index is 12.7. The van der Waals surface area contributed by atoms with Gasteiger partial charge in [0.2, 0.25) is 11.8 Å². The molecule has 0 spiro atoms. The summed E-state index contributed by atoms with van der Waals surface area (Å²) in [7, 11) is 1.60. The number of carbonyl (C=O) groups is 2. The van der Waals surface area contributed by atoms with Gasteiger partial charge in [0.15, 0.2) is 0 Å². The molecule has 2 amide bonds. The van der Waals surface area contributed by atoms with E-state index in [4.69, 9.17) is 4.74 Å². The van der Waals surface area contributed by atoms with E-state index in [1.54, 1.807) is 18.2 Å². The van der Waals surface area contributed by atoms with Gasteiger partial charge < -0.3 is 19.9 Å². The second-order valence-electron chi connectivity index (χ2n) is 7.11. The van der Waals surface area contributed by atoms with E-state index in [1.165, 1.54) is 0 Å². The van der Waals surface area contributed by atoms with Crippen molar-refractivity contribution in [3.63, 3.8) is 0 Å². The van der Waals surface area contributed by atoms with Crippen LogP contribution in [0.1, 0.15) is 20.3 Å². The highest BCUT2D eigenvalue weighted by atomic mass is 16.5. The minimum Gasteiger partial charge on any atom is -0.497 e. The monoisotopic (exact) mass is 399 g/mol. The Labute approximate surface area is 171 Å². The first-order chi connectivity index (χ1) is 14.0. The number of hydrogen-bond donors (Lipinski definition) is 1. The Morgan fingerprint density at radius 3 is 2.66 bits per heavy atom. The molecule has 8 nitrogen and oxygen atoms in total. The predicted molar refractivity (Wildman–Crippen MR) is 112 cm³/mol. The summed E-state index contributed by atoms with van der Waals surface area (Å²) >= 11 is 0. The minimum atomic E-state index is -0.386. The lowest BCUT2D eigenvalue weighted by Gasteiger charge is -2.17. The smallest absolute Gasteiger partial charge is 0.229 e. The SMILES string of the molecule is CCN(CC)CCn1cc(NC(=O)C2CC(=O)N(c3ccc(OC)cc3)C2)cn1. The van der Waals surface area contributed by atoms with Crippen LogP contribution in [0.15, 0.2) is 36.7 Å². The minimum absolute atomic E-state index is 0.0507. The van der Waals surface area contributed by atoms with Gasteiger partial charge in [-0.05, 0) is 37.4 Å². The Bertz CT molecular complexity index is 829. The van der Waals surface area contributed by atoms with E-state index in [-0.39, 0.29) is 24.2 Å². The highest BCUT2D eigenvalue weighted by Crippen LogP contribution is 2.27. The lowest BCUT2D eigenvalue weighted by molar-refractivity contribution is -0.122. The predicted octanol–water partition coefficient (Wildman–Crippen LogP) is 2.23. The summed E-state index contributed by atoms with van der Waals surface area (Å²) in [6.45, 7) is 8.32. The summed E-state index contributed by atoms with van der Waals surface area (Å²) < 4.78 is 6.98. The number of likely N-dealkylation sites (N-methyl/N-ethyl adjacent to an activating group) is 1. The lowest BCUT2D eigenvalue weighted by atomic mass is 10.1. The standard InChI is InChI=1S/C21H29N5O3/c1-4-24(5-2)10-11-25-15-17(13-22-25)23-21(28)16-12-20(27)26(14-16)18-6-8-19(29-3)9-7-18/h6-9,13,15-16H,4-5,10-12,14H2,1-3H3,(H,23,28). The van der Waals surface area contributed by atoms with Crippen molar-refractivity contribution in [2.24, 2.45) is 5.92 Å². The van der Waals surface area contributed by atoms with Crippen LogP contribution in [-0.4, -0.2) is 59.8 Å². The van der Waals surface area contributed by atoms with Gasteiger partial charge >= 0.3 is 0 Å². The lowest BCUT2D eigenvalue weighted by Crippen LogP contribution is -2.28. The summed E-state index contributed by atoms with van der Waals surface area (Å²) in [4.78, 5) is 29.0. The van der Waals surface area contributed by atoms with Crippen molar-refractivity contribution < 1.29 is 14.3 Å². The third kappa shape index (κ3) is 5.14. The molecule has 8 heteroatoms. The third-order valence-electron chi connectivity index (χ3n) is 5.32. The molecule has 1 aliphatic heterocycles. The summed E-state index contributed by atoms with van der Waals surface area (Å²) in [6.07, 6.45) is 3.69. The number of benzene rings is 1. The number of amides is 2. The summed E-state index contributed by atoms with van der Waals surface area (Å²) in [5.41, 5.74) is 1.43. The summed E-state index contributed by atoms with van der Waals surface area (Å²) in [6, 6.07) is 7.28. The van der Waals surface area contributed by atoms with Crippen LogP contribution in [0.2, 0.25) is 0 Å². The average Bonchev–Trinajstić information content (AvgIpc) is 3.35. The van der Waals surface area contributed by atoms with Gasteiger partial charge in [0.1, 0.15) is 5.75 Å². The molecular formula is C21H29N5O3. The molecule has 0 saturated carbocycles. The molecule has 1 fully saturated rings. The Balaban J connectivity index is 1.55. The molecule has 0 radical (unpaired) electrons. The fourth-order valence-electron chi connectivity index (χ4n) is 3.47. The molecule has 2 heterocycles. The van der Waals surface area contributed by atoms with Gasteiger partial charge in [-0.2, -0.15) is 5.10 Å². The second kappa shape index (κ2) is 9.56. The van der Waals surface area contributed by atoms with Gasteiger partial charge in [-0.3, -0.25) is 14.3 Å². The number of anilines is 2. The van der Waals surface area contributed by atoms with E-state index < -0.39 is 0 Å². The van der Waals surface area contributed by atoms with E-state index in [9.17, 15) is 9.59 Å². The average molecular weight is 399 g/mol. The number of carbonyl (C=O) groups excluding carboxylic acids is 2. The maximum absolute atomic E-state index is 12.7. The molecule has 2 aromatic rings. The van der Waals surface area contributed by atoms with Gasteiger partial charge in [0.25, 0.3) is 0 Å². The largest absolute Gasteiger partial charge is 0.497 e. The van der Waals surface area contributed by atoms with Crippen molar-refractivity contribution in [3.8, 4) is 5.75 Å². The molecule has 1 aromatic heterocycles. The van der Waals surface area contributed by atoms with Crippen LogP contribution >= 0.6 is 0 Å². The van der Waals surface area contributed by atoms with Crippen molar-refractivity contribution in [2.45, 2.75) is 26.8 Å². The third-order valence-corrected chi connectivity index (χ3v) is 5.32. The van der Waals surface area contributed by atoms with Crippen LogP contribution < -0.4 is 15.0 Å². The topological polar surface area (TPSA) is 79.7 Å². The first-order valence-electron chi connectivity index (χ1n) is 10.0. The van der Waals surface area contributed by atoms with Crippen LogP contribution in [0.4, 0.5) is 11.4 Å². The van der Waals surface area contributed by atoms with Crippen LogP contribution in [-0.2, 0) is 16.1 Å². The molecular weight excluding hydrogens is 370 g/mol. The van der Waals surface area contributed by atoms with Crippen molar-refractivity contribution in [2.75, 3.05) is 43.5 Å². The van der Waals surface area contributed by atoms with Crippen LogP contribution in [0, 0.1) is 5.92 Å². The van der Waals surface area contributed by atoms with Crippen molar-refractivity contribution in [3.05, 3.63) is 36.7 Å². The summed E-state index contributed by atoms with van der Waals surface area (Å²) in [5, 5.41) is 7.21. The molecule has 1 atom stereocenters. The molecule has 0 bridgehead atoms. The highest BCUT2D eigenvalue weighted by molar-refractivity contribution is 6.03. The number of nitrogens with zero attached hydrogens (tertiary/aromatic N) is 4. The van der Waals surface area contributed by atoms with Gasteiger partial charge in [0.05, 0.1) is 31.5 Å². The number of aromatic nitrogens is 2. The first-order valence-corrected chi connectivity index (χ1v) is 10.0. The van der Waals surface area contributed by atoms with Gasteiger partial charge in [0, 0.05) is 31.4 Å². The molecule has 1 N–H and O–H groups in total. The van der Waals surface area contributed by atoms with Crippen LogP contribution in [0.5, 0.6) is 5.75 Å². The summed E-state index contributed by atoms with van der Waals surface area (Å²) in [5.74, 6) is 0.138. The van der Waals surface area contributed by atoms with Crippen LogP contribution in [0.25, 0.3) is 0 Å². The molecule has 156 valence electrons. The Kier molecular flexibility index (Phi) is 6.87. The van der Waals surface area contributed by atoms with E-state index in [2.05, 4.69) is 29.2 Å². The molecule has 1 aromatic carbocycles. The molecule has 0 aliphatic carbocycles. The van der Waals surface area contributed by atoms with Crippen molar-refractivity contribution in [1.82, 2.24) is 14.7 Å². The van der Waals surface area contributed by atoms with Gasteiger partial charge in [-0.1, -0.05) is 13.8 Å². The number of hydrogen-bond acceptors (Lipinski definition) is 5. The molecule has 3 rings (SSSR count). The Hall–Kier alpha value is -2.87. The fourth-order valence-corrected chi connectivity index (χ4v) is 3.47. The fraction of sp³-hybridized carbons (Fsp3) is 0.476. The zero-order valence-electron chi connectivity index (χ0n) is 17.3. The van der Waals surface area contributed by atoms with E-state index in [1.807, 2.05) is 35.1 Å².